The van der Waals surface area contributed by atoms with E-state index in [1.54, 1.807) is 7.11 Å². The van der Waals surface area contributed by atoms with E-state index in [2.05, 4.69) is 12.6 Å². The molecule has 13 heavy (non-hydrogen) atoms. The third-order valence-electron chi connectivity index (χ3n) is 2.58. The molecule has 0 spiro atoms. The van der Waals surface area contributed by atoms with Crippen molar-refractivity contribution in [3.05, 3.63) is 0 Å². The van der Waals surface area contributed by atoms with Crippen LogP contribution in [0.2, 0.25) is 0 Å². The lowest BCUT2D eigenvalue weighted by atomic mass is 10.0. The molecule has 1 fully saturated rings. The first-order valence-corrected chi connectivity index (χ1v) is 5.09. The topological polar surface area (TPSA) is 29.5 Å². The fraction of sp³-hybridized carbons (Fsp3) is 0.889. The van der Waals surface area contributed by atoms with Crippen LogP contribution < -0.4 is 0 Å². The van der Waals surface area contributed by atoms with Crippen LogP contribution in [-0.2, 0) is 9.53 Å². The van der Waals surface area contributed by atoms with E-state index in [0.29, 0.717) is 13.0 Å². The van der Waals surface area contributed by atoms with Gasteiger partial charge in [-0.15, -0.1) is 0 Å². The highest BCUT2D eigenvalue weighted by Gasteiger charge is 2.42. The van der Waals surface area contributed by atoms with Gasteiger partial charge in [-0.05, 0) is 19.8 Å². The van der Waals surface area contributed by atoms with Crippen molar-refractivity contribution >= 4 is 18.5 Å². The maximum absolute atomic E-state index is 11.8. The summed E-state index contributed by atoms with van der Waals surface area (Å²) in [6.07, 6.45) is 1.55. The van der Waals surface area contributed by atoms with Crippen molar-refractivity contribution in [1.82, 2.24) is 4.90 Å². The zero-order chi connectivity index (χ0) is 9.90. The van der Waals surface area contributed by atoms with Crippen molar-refractivity contribution in [2.45, 2.75) is 24.5 Å². The van der Waals surface area contributed by atoms with E-state index in [9.17, 15) is 4.79 Å². The van der Waals surface area contributed by atoms with E-state index in [-0.39, 0.29) is 5.91 Å². The number of thiol groups is 1. The smallest absolute Gasteiger partial charge is 0.238 e. The Kier molecular flexibility index (Phi) is 3.62. The molecule has 0 saturated carbocycles. The van der Waals surface area contributed by atoms with Gasteiger partial charge in [-0.25, -0.2) is 0 Å². The highest BCUT2D eigenvalue weighted by atomic mass is 32.1. The Hall–Kier alpha value is -0.220. The molecule has 1 amide bonds. The van der Waals surface area contributed by atoms with Crippen molar-refractivity contribution in [3.63, 3.8) is 0 Å². The Morgan fingerprint density at radius 3 is 2.85 bits per heavy atom. The lowest BCUT2D eigenvalue weighted by Gasteiger charge is -2.21. The quantitative estimate of drug-likeness (QED) is 0.689. The predicted octanol–water partition coefficient (Wildman–Crippen LogP) is 0.944. The first-order chi connectivity index (χ1) is 6.14. The second-order valence-corrected chi connectivity index (χ2v) is 4.27. The van der Waals surface area contributed by atoms with Crippen LogP contribution in [0.15, 0.2) is 0 Å². The summed E-state index contributed by atoms with van der Waals surface area (Å²) in [5.41, 5.74) is 0. The average molecular weight is 203 g/mol. The third-order valence-corrected chi connectivity index (χ3v) is 3.22. The second-order valence-electron chi connectivity index (χ2n) is 3.41. The molecule has 3 nitrogen and oxygen atoms in total. The van der Waals surface area contributed by atoms with Crippen molar-refractivity contribution in [1.29, 1.82) is 0 Å². The number of nitrogens with zero attached hydrogens (tertiary/aromatic N) is 1. The summed E-state index contributed by atoms with van der Waals surface area (Å²) in [6.45, 7) is 4.22. The summed E-state index contributed by atoms with van der Waals surface area (Å²) in [6, 6.07) is 0. The largest absolute Gasteiger partial charge is 0.385 e. The molecule has 0 aromatic heterocycles. The molecule has 0 radical (unpaired) electrons. The van der Waals surface area contributed by atoms with Gasteiger partial charge in [0, 0.05) is 26.8 Å². The fourth-order valence-corrected chi connectivity index (χ4v) is 1.96. The molecule has 1 aliphatic rings. The van der Waals surface area contributed by atoms with Crippen molar-refractivity contribution in [2.75, 3.05) is 26.8 Å². The molecular formula is C9H17NO2S. The van der Waals surface area contributed by atoms with Crippen LogP contribution in [0.25, 0.3) is 0 Å². The van der Waals surface area contributed by atoms with Crippen molar-refractivity contribution < 1.29 is 9.53 Å². The van der Waals surface area contributed by atoms with Crippen LogP contribution in [0.5, 0.6) is 0 Å². The Morgan fingerprint density at radius 1 is 1.69 bits per heavy atom. The number of carbonyl (C=O) groups is 1. The first-order valence-electron chi connectivity index (χ1n) is 4.64. The fourth-order valence-electron chi connectivity index (χ4n) is 1.63. The van der Waals surface area contributed by atoms with E-state index in [1.807, 2.05) is 11.8 Å². The molecule has 1 atom stereocenters. The number of hydrogen-bond acceptors (Lipinski definition) is 3. The lowest BCUT2D eigenvalue weighted by Crippen LogP contribution is -2.36. The molecule has 1 rings (SSSR count). The summed E-state index contributed by atoms with van der Waals surface area (Å²) < 4.78 is 4.50. The average Bonchev–Trinajstić information content (AvgIpc) is 2.41. The normalized spacial score (nSPS) is 28.5. The van der Waals surface area contributed by atoms with Crippen LogP contribution in [0.3, 0.4) is 0 Å². The number of hydrogen-bond donors (Lipinski definition) is 1. The third kappa shape index (κ3) is 2.17. The molecule has 1 aliphatic heterocycles. The van der Waals surface area contributed by atoms with Gasteiger partial charge in [-0.3, -0.25) is 4.79 Å². The van der Waals surface area contributed by atoms with Gasteiger partial charge >= 0.3 is 0 Å². The second kappa shape index (κ2) is 4.33. The summed E-state index contributed by atoms with van der Waals surface area (Å²) in [7, 11) is 1.65. The van der Waals surface area contributed by atoms with Gasteiger partial charge in [-0.2, -0.15) is 12.6 Å². The van der Waals surface area contributed by atoms with E-state index in [1.165, 1.54) is 0 Å². The van der Waals surface area contributed by atoms with Crippen LogP contribution >= 0.6 is 12.6 Å². The zero-order valence-electron chi connectivity index (χ0n) is 8.25. The molecule has 0 N–H and O–H groups in total. The molecule has 4 heteroatoms. The molecular weight excluding hydrogens is 186 g/mol. The number of rotatable bonds is 4. The van der Waals surface area contributed by atoms with E-state index < -0.39 is 4.75 Å². The van der Waals surface area contributed by atoms with Gasteiger partial charge in [-0.1, -0.05) is 0 Å². The Balaban J connectivity index is 2.55. The minimum atomic E-state index is -0.466. The molecule has 1 saturated heterocycles. The minimum Gasteiger partial charge on any atom is -0.385 e. The molecule has 0 aliphatic carbocycles. The number of ether oxygens (including phenoxy) is 1. The van der Waals surface area contributed by atoms with Crippen LogP contribution in [0.4, 0.5) is 0 Å². The Labute approximate surface area is 84.8 Å². The number of carbonyl (C=O) groups excluding carboxylic acids is 1. The summed E-state index contributed by atoms with van der Waals surface area (Å²) in [5.74, 6) is 0.162. The number of methoxy groups -OCH3 is 1. The van der Waals surface area contributed by atoms with Gasteiger partial charge in [0.25, 0.3) is 0 Å². The van der Waals surface area contributed by atoms with E-state index in [0.717, 1.165) is 19.5 Å². The predicted molar refractivity (Wildman–Crippen MR) is 55.1 cm³/mol. The van der Waals surface area contributed by atoms with E-state index in [4.69, 9.17) is 4.74 Å². The molecule has 1 heterocycles. The van der Waals surface area contributed by atoms with Crippen LogP contribution in [-0.4, -0.2) is 42.4 Å². The maximum atomic E-state index is 11.8. The Morgan fingerprint density at radius 2 is 2.38 bits per heavy atom. The lowest BCUT2D eigenvalue weighted by molar-refractivity contribution is -0.129. The summed E-state index contributed by atoms with van der Waals surface area (Å²) >= 11 is 4.45. The van der Waals surface area contributed by atoms with Gasteiger partial charge in [0.1, 0.15) is 0 Å². The van der Waals surface area contributed by atoms with Crippen molar-refractivity contribution in [2.24, 2.45) is 0 Å². The molecule has 0 aromatic rings. The Bertz CT molecular complexity index is 198. The standard InChI is InChI=1S/C9H17NO2S/c1-3-10-6-4-9(13,8(10)11)5-7-12-2/h13H,3-7H2,1-2H3. The first kappa shape index (κ1) is 10.9. The molecule has 76 valence electrons. The minimum absolute atomic E-state index is 0.162. The highest BCUT2D eigenvalue weighted by Crippen LogP contribution is 2.32. The molecule has 0 aromatic carbocycles. The summed E-state index contributed by atoms with van der Waals surface area (Å²) in [5, 5.41) is 0. The SMILES string of the molecule is CCN1CCC(S)(CCOC)C1=O. The van der Waals surface area contributed by atoms with Gasteiger partial charge < -0.3 is 9.64 Å². The number of amides is 1. The summed E-state index contributed by atoms with van der Waals surface area (Å²) in [4.78, 5) is 13.6. The monoisotopic (exact) mass is 203 g/mol. The van der Waals surface area contributed by atoms with Gasteiger partial charge in [0.15, 0.2) is 0 Å². The number of likely N-dealkylation sites (tertiary alicyclic amines) is 1. The van der Waals surface area contributed by atoms with Crippen LogP contribution in [0.1, 0.15) is 19.8 Å². The zero-order valence-corrected chi connectivity index (χ0v) is 9.14. The highest BCUT2D eigenvalue weighted by molar-refractivity contribution is 7.82. The maximum Gasteiger partial charge on any atom is 0.238 e. The van der Waals surface area contributed by atoms with Crippen LogP contribution in [0, 0.1) is 0 Å². The van der Waals surface area contributed by atoms with E-state index >= 15 is 0 Å². The van der Waals surface area contributed by atoms with Gasteiger partial charge in [0.2, 0.25) is 5.91 Å². The van der Waals surface area contributed by atoms with Crippen molar-refractivity contribution in [3.8, 4) is 0 Å². The molecule has 1 unspecified atom stereocenters. The van der Waals surface area contributed by atoms with Gasteiger partial charge in [0.05, 0.1) is 4.75 Å². The molecule has 0 bridgehead atoms.